The lowest BCUT2D eigenvalue weighted by atomic mass is 9.87. The maximum atomic E-state index is 13.4. The van der Waals surface area contributed by atoms with E-state index in [2.05, 4.69) is 37.1 Å². The quantitative estimate of drug-likeness (QED) is 0.418. The van der Waals surface area contributed by atoms with Crippen LogP contribution < -0.4 is 0 Å². The molecular weight excluding hydrogens is 503 g/mol. The predicted molar refractivity (Wildman–Crippen MR) is 153 cm³/mol. The summed E-state index contributed by atoms with van der Waals surface area (Å²) in [5.41, 5.74) is 2.86. The molecule has 194 valence electrons. The molecule has 0 radical (unpaired) electrons. The molecule has 1 saturated carbocycles. The summed E-state index contributed by atoms with van der Waals surface area (Å²) in [6.07, 6.45) is 8.68. The molecule has 0 bridgehead atoms. The molecule has 7 heteroatoms. The SMILES string of the molecule is CC=C(C1=NCC(C(C)c2cccc(Cl)c2)C=N1)N1CCN(C(=O)c2cccc(Cl)c2)CC12CCCC2. The van der Waals surface area contributed by atoms with Gasteiger partial charge in [0, 0.05) is 53.9 Å². The fourth-order valence-electron chi connectivity index (χ4n) is 6.12. The van der Waals surface area contributed by atoms with Gasteiger partial charge in [-0.25, -0.2) is 4.99 Å². The largest absolute Gasteiger partial charge is 0.360 e. The summed E-state index contributed by atoms with van der Waals surface area (Å²) in [7, 11) is 0. The Labute approximate surface area is 229 Å². The summed E-state index contributed by atoms with van der Waals surface area (Å²) in [6, 6.07) is 15.3. The van der Waals surface area contributed by atoms with Crippen LogP contribution in [0.4, 0.5) is 0 Å². The van der Waals surface area contributed by atoms with Crippen molar-refractivity contribution in [3.63, 3.8) is 0 Å². The lowest BCUT2D eigenvalue weighted by Gasteiger charge is -2.51. The van der Waals surface area contributed by atoms with Gasteiger partial charge in [0.05, 0.1) is 11.2 Å². The fraction of sp³-hybridized carbons (Fsp3) is 0.433. The second-order valence-electron chi connectivity index (χ2n) is 10.4. The van der Waals surface area contributed by atoms with Crippen LogP contribution in [-0.4, -0.2) is 59.5 Å². The maximum Gasteiger partial charge on any atom is 0.254 e. The van der Waals surface area contributed by atoms with Gasteiger partial charge in [-0.2, -0.15) is 0 Å². The van der Waals surface area contributed by atoms with Crippen LogP contribution in [0.5, 0.6) is 0 Å². The van der Waals surface area contributed by atoms with Gasteiger partial charge >= 0.3 is 0 Å². The molecule has 1 amide bonds. The Morgan fingerprint density at radius 3 is 2.46 bits per heavy atom. The van der Waals surface area contributed by atoms with E-state index in [1.165, 1.54) is 18.4 Å². The van der Waals surface area contributed by atoms with E-state index in [0.29, 0.717) is 30.2 Å². The number of carbonyl (C=O) groups excluding carboxylic acids is 1. The third-order valence-corrected chi connectivity index (χ3v) is 8.66. The molecule has 1 spiro atoms. The van der Waals surface area contributed by atoms with E-state index in [4.69, 9.17) is 33.2 Å². The van der Waals surface area contributed by atoms with Crippen LogP contribution in [0.25, 0.3) is 0 Å². The summed E-state index contributed by atoms with van der Waals surface area (Å²) in [4.78, 5) is 27.7. The maximum absolute atomic E-state index is 13.4. The Morgan fingerprint density at radius 1 is 1.08 bits per heavy atom. The van der Waals surface area contributed by atoms with E-state index >= 15 is 0 Å². The zero-order chi connectivity index (χ0) is 26.0. The molecule has 37 heavy (non-hydrogen) atoms. The summed E-state index contributed by atoms with van der Waals surface area (Å²) in [6.45, 7) is 7.12. The van der Waals surface area contributed by atoms with Gasteiger partial charge in [-0.05, 0) is 61.6 Å². The van der Waals surface area contributed by atoms with Gasteiger partial charge in [-0.15, -0.1) is 0 Å². The van der Waals surface area contributed by atoms with Gasteiger partial charge in [0.15, 0.2) is 5.84 Å². The van der Waals surface area contributed by atoms with Crippen molar-refractivity contribution in [1.82, 2.24) is 9.80 Å². The van der Waals surface area contributed by atoms with E-state index in [-0.39, 0.29) is 23.3 Å². The number of amidine groups is 1. The average Bonchev–Trinajstić information content (AvgIpc) is 3.38. The Balaban J connectivity index is 1.32. The molecule has 2 aromatic rings. The van der Waals surface area contributed by atoms with Gasteiger partial charge in [-0.3, -0.25) is 9.79 Å². The first-order chi connectivity index (χ1) is 17.9. The first-order valence-electron chi connectivity index (χ1n) is 13.2. The molecule has 5 rings (SSSR count). The van der Waals surface area contributed by atoms with Crippen LogP contribution in [0.1, 0.15) is 61.4 Å². The number of rotatable bonds is 5. The molecule has 1 aliphatic carbocycles. The zero-order valence-electron chi connectivity index (χ0n) is 21.5. The highest BCUT2D eigenvalue weighted by Crippen LogP contribution is 2.41. The Morgan fingerprint density at radius 2 is 1.81 bits per heavy atom. The molecule has 0 aromatic heterocycles. The van der Waals surface area contributed by atoms with E-state index < -0.39 is 0 Å². The number of aliphatic imine (C=N–C) groups is 2. The van der Waals surface area contributed by atoms with Crippen molar-refractivity contribution in [3.8, 4) is 0 Å². The molecule has 2 aliphatic heterocycles. The lowest BCUT2D eigenvalue weighted by Crippen LogP contribution is -2.62. The van der Waals surface area contributed by atoms with Crippen LogP contribution in [0.15, 0.2) is 70.3 Å². The smallest absolute Gasteiger partial charge is 0.254 e. The first kappa shape index (κ1) is 26.0. The summed E-state index contributed by atoms with van der Waals surface area (Å²) in [5, 5.41) is 1.35. The summed E-state index contributed by atoms with van der Waals surface area (Å²) >= 11 is 12.4. The van der Waals surface area contributed by atoms with Crippen molar-refractivity contribution in [1.29, 1.82) is 0 Å². The standard InChI is InChI=1S/C30H34Cl2N4O/c1-3-27(28-33-18-24(19-34-28)21(2)22-8-6-10-25(31)16-22)36-15-14-35(20-30(36)12-4-5-13-30)29(37)23-9-7-11-26(32)17-23/h3,6-11,16-18,21,24H,4-5,12-15,19-20H2,1-2H3. The molecule has 1 saturated heterocycles. The topological polar surface area (TPSA) is 48.3 Å². The summed E-state index contributed by atoms with van der Waals surface area (Å²) < 4.78 is 0. The number of piperazine rings is 1. The third-order valence-electron chi connectivity index (χ3n) is 8.19. The van der Waals surface area contributed by atoms with Gasteiger partial charge in [0.1, 0.15) is 0 Å². The van der Waals surface area contributed by atoms with Crippen molar-refractivity contribution in [3.05, 3.63) is 81.5 Å². The van der Waals surface area contributed by atoms with Crippen molar-refractivity contribution >= 4 is 41.2 Å². The first-order valence-corrected chi connectivity index (χ1v) is 14.0. The number of benzene rings is 2. The average molecular weight is 538 g/mol. The third kappa shape index (κ3) is 5.35. The molecular formula is C30H34Cl2N4O. The molecule has 3 aliphatic rings. The monoisotopic (exact) mass is 536 g/mol. The number of hydrogen-bond donors (Lipinski definition) is 0. The highest BCUT2D eigenvalue weighted by Gasteiger charge is 2.46. The van der Waals surface area contributed by atoms with E-state index in [9.17, 15) is 4.79 Å². The highest BCUT2D eigenvalue weighted by atomic mass is 35.5. The van der Waals surface area contributed by atoms with Crippen LogP contribution in [-0.2, 0) is 0 Å². The van der Waals surface area contributed by atoms with Crippen molar-refractivity contribution < 1.29 is 4.79 Å². The van der Waals surface area contributed by atoms with Gasteiger partial charge in [0.2, 0.25) is 0 Å². The number of halogens is 2. The van der Waals surface area contributed by atoms with E-state index in [0.717, 1.165) is 35.9 Å². The summed E-state index contributed by atoms with van der Waals surface area (Å²) in [5.74, 6) is 1.37. The molecule has 5 nitrogen and oxygen atoms in total. The van der Waals surface area contributed by atoms with Crippen LogP contribution >= 0.6 is 23.2 Å². The second kappa shape index (κ2) is 11.0. The number of carbonyl (C=O) groups is 1. The van der Waals surface area contributed by atoms with Gasteiger partial charge in [0.25, 0.3) is 5.91 Å². The van der Waals surface area contributed by atoms with Crippen molar-refractivity contribution in [2.24, 2.45) is 15.9 Å². The van der Waals surface area contributed by atoms with E-state index in [1.54, 1.807) is 12.1 Å². The molecule has 2 unspecified atom stereocenters. The lowest BCUT2D eigenvalue weighted by molar-refractivity contribution is 0.0249. The minimum Gasteiger partial charge on any atom is -0.360 e. The molecule has 2 heterocycles. The molecule has 0 N–H and O–H groups in total. The Bertz CT molecular complexity index is 1250. The predicted octanol–water partition coefficient (Wildman–Crippen LogP) is 6.87. The zero-order valence-corrected chi connectivity index (χ0v) is 23.0. The number of amides is 1. The minimum atomic E-state index is -0.0860. The van der Waals surface area contributed by atoms with Gasteiger partial charge in [-0.1, -0.05) is 67.2 Å². The normalized spacial score (nSPS) is 22.3. The number of nitrogens with zero attached hydrogens (tertiary/aromatic N) is 4. The Kier molecular flexibility index (Phi) is 7.73. The van der Waals surface area contributed by atoms with Crippen LogP contribution in [0.3, 0.4) is 0 Å². The second-order valence-corrected chi connectivity index (χ2v) is 11.3. The Hall–Kier alpha value is -2.63. The van der Waals surface area contributed by atoms with Crippen LogP contribution in [0.2, 0.25) is 10.0 Å². The fourth-order valence-corrected chi connectivity index (χ4v) is 6.50. The highest BCUT2D eigenvalue weighted by molar-refractivity contribution is 6.31. The molecule has 2 atom stereocenters. The molecule has 2 aromatic carbocycles. The van der Waals surface area contributed by atoms with Crippen molar-refractivity contribution in [2.45, 2.75) is 51.0 Å². The van der Waals surface area contributed by atoms with E-state index in [1.807, 2.05) is 35.2 Å². The van der Waals surface area contributed by atoms with Gasteiger partial charge < -0.3 is 9.80 Å². The minimum absolute atomic E-state index is 0.0568. The van der Waals surface area contributed by atoms with Crippen LogP contribution in [0, 0.1) is 5.92 Å². The molecule has 2 fully saturated rings. The number of allylic oxidation sites excluding steroid dienone is 1. The number of hydrogen-bond acceptors (Lipinski definition) is 4. The van der Waals surface area contributed by atoms with Crippen molar-refractivity contribution in [2.75, 3.05) is 26.2 Å².